The van der Waals surface area contributed by atoms with E-state index < -0.39 is 16.0 Å². The van der Waals surface area contributed by atoms with Crippen LogP contribution in [0.25, 0.3) is 0 Å². The number of nitrogens with one attached hydrogen (secondary N) is 1. The highest BCUT2D eigenvalue weighted by molar-refractivity contribution is 9.10. The first-order valence-electron chi connectivity index (χ1n) is 6.44. The normalized spacial score (nSPS) is 11.3. The zero-order valence-corrected chi connectivity index (χ0v) is 15.4. The van der Waals surface area contributed by atoms with Gasteiger partial charge in [-0.25, -0.2) is 13.2 Å². The molecule has 0 heterocycles. The summed E-state index contributed by atoms with van der Waals surface area (Å²) in [6.45, 7) is 3.31. The van der Waals surface area contributed by atoms with E-state index in [9.17, 15) is 13.2 Å². The van der Waals surface area contributed by atoms with Crippen molar-refractivity contribution in [2.45, 2.75) is 18.7 Å². The summed E-state index contributed by atoms with van der Waals surface area (Å²) in [7, 11) is -3.97. The molecule has 0 aromatic heterocycles. The molecule has 8 heteroatoms. The van der Waals surface area contributed by atoms with Gasteiger partial charge in [0.25, 0.3) is 10.0 Å². The molecule has 0 saturated carbocycles. The quantitative estimate of drug-likeness (QED) is 0.779. The Kier molecular flexibility index (Phi) is 5.03. The van der Waals surface area contributed by atoms with Crippen LogP contribution in [0.1, 0.15) is 21.5 Å². The third-order valence-corrected chi connectivity index (χ3v) is 5.46. The van der Waals surface area contributed by atoms with Gasteiger partial charge < -0.3 is 5.11 Å². The molecular formula is C15H13BrClNO4S. The summed E-state index contributed by atoms with van der Waals surface area (Å²) in [4.78, 5) is 11.0. The number of halogens is 2. The number of carboxylic acid groups (broad SMARTS) is 1. The third-order valence-electron chi connectivity index (χ3n) is 3.21. The Morgan fingerprint density at radius 3 is 2.39 bits per heavy atom. The zero-order valence-electron chi connectivity index (χ0n) is 12.2. The Morgan fingerprint density at radius 2 is 1.83 bits per heavy atom. The second-order valence-electron chi connectivity index (χ2n) is 4.97. The van der Waals surface area contributed by atoms with Crippen LogP contribution in [0, 0.1) is 13.8 Å². The number of rotatable bonds is 4. The molecule has 0 fully saturated rings. The number of carboxylic acids is 1. The summed E-state index contributed by atoms with van der Waals surface area (Å²) in [5.74, 6) is -1.20. The summed E-state index contributed by atoms with van der Waals surface area (Å²) in [6, 6.07) is 7.24. The summed E-state index contributed by atoms with van der Waals surface area (Å²) in [5.41, 5.74) is 1.23. The van der Waals surface area contributed by atoms with Crippen molar-refractivity contribution in [1.82, 2.24) is 0 Å². The minimum Gasteiger partial charge on any atom is -0.478 e. The average Bonchev–Trinajstić information content (AvgIpc) is 2.42. The summed E-state index contributed by atoms with van der Waals surface area (Å²) < 4.78 is 28.4. The smallest absolute Gasteiger partial charge is 0.335 e. The molecule has 0 unspecified atom stereocenters. The lowest BCUT2D eigenvalue weighted by Crippen LogP contribution is -2.16. The minimum absolute atomic E-state index is 0.101. The fraction of sp³-hybridized carbons (Fsp3) is 0.133. The summed E-state index contributed by atoms with van der Waals surface area (Å²) in [6.07, 6.45) is 0. The fourth-order valence-electron chi connectivity index (χ4n) is 2.04. The molecule has 23 heavy (non-hydrogen) atoms. The first-order valence-corrected chi connectivity index (χ1v) is 9.09. The molecule has 0 radical (unpaired) electrons. The van der Waals surface area contributed by atoms with Crippen molar-refractivity contribution in [1.29, 1.82) is 0 Å². The van der Waals surface area contributed by atoms with Crippen LogP contribution >= 0.6 is 27.5 Å². The predicted octanol–water partition coefficient (Wildman–Crippen LogP) is 4.22. The van der Waals surface area contributed by atoms with Crippen LogP contribution in [0.4, 0.5) is 5.69 Å². The first-order chi connectivity index (χ1) is 10.6. The maximum atomic E-state index is 12.6. The van der Waals surface area contributed by atoms with Gasteiger partial charge in [0, 0.05) is 4.47 Å². The molecule has 0 atom stereocenters. The van der Waals surface area contributed by atoms with Gasteiger partial charge in [0.05, 0.1) is 21.2 Å². The van der Waals surface area contributed by atoms with Crippen molar-refractivity contribution < 1.29 is 18.3 Å². The fourth-order valence-corrected chi connectivity index (χ4v) is 4.54. The van der Waals surface area contributed by atoms with E-state index in [0.717, 1.165) is 10.5 Å². The highest BCUT2D eigenvalue weighted by Gasteiger charge is 2.21. The lowest BCUT2D eigenvalue weighted by atomic mass is 10.1. The van der Waals surface area contributed by atoms with E-state index in [2.05, 4.69) is 20.7 Å². The summed E-state index contributed by atoms with van der Waals surface area (Å²) >= 11 is 9.38. The first kappa shape index (κ1) is 17.8. The van der Waals surface area contributed by atoms with Gasteiger partial charge in [-0.15, -0.1) is 0 Å². The predicted molar refractivity (Wildman–Crippen MR) is 92.8 cm³/mol. The van der Waals surface area contributed by atoms with Gasteiger partial charge >= 0.3 is 5.97 Å². The molecule has 5 nitrogen and oxygen atoms in total. The van der Waals surface area contributed by atoms with Crippen LogP contribution in [0.15, 0.2) is 39.7 Å². The molecule has 0 bridgehead atoms. The molecule has 0 aliphatic rings. The van der Waals surface area contributed by atoms with Crippen molar-refractivity contribution in [2.75, 3.05) is 4.72 Å². The van der Waals surface area contributed by atoms with E-state index in [0.29, 0.717) is 11.1 Å². The van der Waals surface area contributed by atoms with Gasteiger partial charge in [0.15, 0.2) is 0 Å². The van der Waals surface area contributed by atoms with Crippen LogP contribution in [0.2, 0.25) is 5.02 Å². The largest absolute Gasteiger partial charge is 0.478 e. The molecule has 2 aromatic carbocycles. The average molecular weight is 419 g/mol. The second kappa shape index (κ2) is 6.51. The Morgan fingerprint density at radius 1 is 1.17 bits per heavy atom. The van der Waals surface area contributed by atoms with E-state index >= 15 is 0 Å². The minimum atomic E-state index is -3.97. The van der Waals surface area contributed by atoms with Gasteiger partial charge in [-0.05, 0) is 49.2 Å². The Labute approximate surface area is 147 Å². The van der Waals surface area contributed by atoms with Crippen molar-refractivity contribution in [3.63, 3.8) is 0 Å². The van der Waals surface area contributed by atoms with Crippen LogP contribution < -0.4 is 4.72 Å². The molecule has 0 aliphatic heterocycles. The van der Waals surface area contributed by atoms with E-state index in [4.69, 9.17) is 16.7 Å². The molecule has 0 amide bonds. The molecule has 2 rings (SSSR count). The number of sulfonamides is 1. The van der Waals surface area contributed by atoms with Crippen LogP contribution in [0.3, 0.4) is 0 Å². The molecule has 122 valence electrons. The van der Waals surface area contributed by atoms with Crippen LogP contribution in [0.5, 0.6) is 0 Å². The monoisotopic (exact) mass is 417 g/mol. The van der Waals surface area contributed by atoms with E-state index in [-0.39, 0.29) is 21.2 Å². The number of anilines is 1. The van der Waals surface area contributed by atoms with Crippen molar-refractivity contribution in [3.8, 4) is 0 Å². The maximum absolute atomic E-state index is 12.6. The zero-order chi connectivity index (χ0) is 17.4. The second-order valence-corrected chi connectivity index (χ2v) is 7.94. The number of hydrogen-bond donors (Lipinski definition) is 2. The van der Waals surface area contributed by atoms with E-state index in [1.807, 2.05) is 0 Å². The van der Waals surface area contributed by atoms with Crippen molar-refractivity contribution in [2.24, 2.45) is 0 Å². The van der Waals surface area contributed by atoms with Gasteiger partial charge in [0.2, 0.25) is 0 Å². The van der Waals surface area contributed by atoms with Crippen LogP contribution in [-0.2, 0) is 10.0 Å². The van der Waals surface area contributed by atoms with Crippen LogP contribution in [-0.4, -0.2) is 19.5 Å². The highest BCUT2D eigenvalue weighted by atomic mass is 79.9. The SMILES string of the molecule is Cc1ccc(C(=O)O)cc1S(=O)(=O)Nc1c(C)cc(Br)cc1Cl. The molecule has 2 aromatic rings. The number of carbonyl (C=O) groups is 1. The van der Waals surface area contributed by atoms with Crippen molar-refractivity contribution in [3.05, 3.63) is 56.5 Å². The Balaban J connectivity index is 2.52. The molecular weight excluding hydrogens is 406 g/mol. The molecule has 0 aliphatic carbocycles. The lowest BCUT2D eigenvalue weighted by Gasteiger charge is -2.14. The third kappa shape index (κ3) is 3.85. The van der Waals surface area contributed by atoms with Gasteiger partial charge in [-0.1, -0.05) is 33.6 Å². The summed E-state index contributed by atoms with van der Waals surface area (Å²) in [5, 5.41) is 9.28. The van der Waals surface area contributed by atoms with E-state index in [1.54, 1.807) is 26.0 Å². The highest BCUT2D eigenvalue weighted by Crippen LogP contribution is 2.32. The molecule has 2 N–H and O–H groups in total. The molecule has 0 saturated heterocycles. The number of benzene rings is 2. The lowest BCUT2D eigenvalue weighted by molar-refractivity contribution is 0.0696. The topological polar surface area (TPSA) is 83.5 Å². The molecule has 0 spiro atoms. The van der Waals surface area contributed by atoms with Crippen molar-refractivity contribution >= 4 is 49.2 Å². The number of aromatic carboxylic acids is 1. The maximum Gasteiger partial charge on any atom is 0.335 e. The van der Waals surface area contributed by atoms with Gasteiger partial charge in [0.1, 0.15) is 0 Å². The number of aryl methyl sites for hydroxylation is 2. The Hall–Kier alpha value is -1.57. The number of hydrogen-bond acceptors (Lipinski definition) is 3. The van der Waals surface area contributed by atoms with Gasteiger partial charge in [-0.3, -0.25) is 4.72 Å². The van der Waals surface area contributed by atoms with E-state index in [1.165, 1.54) is 12.1 Å². The van der Waals surface area contributed by atoms with Gasteiger partial charge in [-0.2, -0.15) is 0 Å². The standard InChI is InChI=1S/C15H13BrClNO4S/c1-8-3-4-10(15(19)20)6-13(8)23(21,22)18-14-9(2)5-11(16)7-12(14)17/h3-7,18H,1-2H3,(H,19,20). The Bertz CT molecular complexity index is 873.